The summed E-state index contributed by atoms with van der Waals surface area (Å²) in [6.07, 6.45) is 1.63. The van der Waals surface area contributed by atoms with Gasteiger partial charge in [-0.25, -0.2) is 0 Å². The van der Waals surface area contributed by atoms with Crippen molar-refractivity contribution in [1.29, 1.82) is 0 Å². The normalized spacial score (nSPS) is 30.2. The summed E-state index contributed by atoms with van der Waals surface area (Å²) < 4.78 is 5.53. The smallest absolute Gasteiger partial charge is 0.323 e. The van der Waals surface area contributed by atoms with Crippen LogP contribution in [0.25, 0.3) is 0 Å². The Labute approximate surface area is 103 Å². The van der Waals surface area contributed by atoms with Gasteiger partial charge in [0, 0.05) is 18.7 Å². The fourth-order valence-corrected chi connectivity index (χ4v) is 2.43. The van der Waals surface area contributed by atoms with Gasteiger partial charge in [-0.15, -0.1) is 0 Å². The van der Waals surface area contributed by atoms with Gasteiger partial charge in [0.15, 0.2) is 0 Å². The molecule has 0 bridgehead atoms. The third-order valence-corrected chi connectivity index (χ3v) is 3.76. The molecule has 0 saturated carbocycles. The van der Waals surface area contributed by atoms with E-state index in [1.165, 1.54) is 0 Å². The predicted octanol–water partition coefficient (Wildman–Crippen LogP) is 0.676. The number of hydrogen-bond donors (Lipinski definition) is 2. The van der Waals surface area contributed by atoms with Gasteiger partial charge in [0.1, 0.15) is 5.54 Å². The van der Waals surface area contributed by atoms with E-state index >= 15 is 0 Å². The van der Waals surface area contributed by atoms with Crippen LogP contribution in [0.3, 0.4) is 0 Å². The molecule has 4 atom stereocenters. The summed E-state index contributed by atoms with van der Waals surface area (Å²) in [6, 6.07) is 0.477. The number of aliphatic carboxylic acids is 1. The standard InChI is InChI=1S/C12H24N2O3/c1-8(7-12(3,13)11(15)16)14(4)10-5-6-17-9(10)2/h8-10H,5-7,13H2,1-4H3,(H,15,16). The highest BCUT2D eigenvalue weighted by Gasteiger charge is 2.35. The fourth-order valence-electron chi connectivity index (χ4n) is 2.43. The third-order valence-electron chi connectivity index (χ3n) is 3.76. The van der Waals surface area contributed by atoms with Crippen molar-refractivity contribution in [2.24, 2.45) is 5.73 Å². The molecule has 100 valence electrons. The van der Waals surface area contributed by atoms with E-state index in [0.717, 1.165) is 13.0 Å². The second kappa shape index (κ2) is 5.33. The van der Waals surface area contributed by atoms with E-state index in [0.29, 0.717) is 12.5 Å². The number of nitrogens with two attached hydrogens (primary N) is 1. The zero-order chi connectivity index (χ0) is 13.2. The number of nitrogens with zero attached hydrogens (tertiary/aromatic N) is 1. The third kappa shape index (κ3) is 3.40. The highest BCUT2D eigenvalue weighted by molar-refractivity contribution is 5.77. The Balaban J connectivity index is 2.58. The monoisotopic (exact) mass is 244 g/mol. The van der Waals surface area contributed by atoms with Crippen LogP contribution in [0.4, 0.5) is 0 Å². The SMILES string of the molecule is CC1OCCC1N(C)C(C)CC(C)(N)C(=O)O. The molecule has 17 heavy (non-hydrogen) atoms. The van der Waals surface area contributed by atoms with E-state index in [9.17, 15) is 4.79 Å². The lowest BCUT2D eigenvalue weighted by atomic mass is 9.93. The van der Waals surface area contributed by atoms with Gasteiger partial charge in [0.25, 0.3) is 0 Å². The molecule has 3 N–H and O–H groups in total. The topological polar surface area (TPSA) is 75.8 Å². The van der Waals surface area contributed by atoms with Crippen LogP contribution in [-0.4, -0.2) is 53.4 Å². The van der Waals surface area contributed by atoms with E-state index in [2.05, 4.69) is 11.8 Å². The quantitative estimate of drug-likeness (QED) is 0.743. The van der Waals surface area contributed by atoms with Crippen LogP contribution in [0, 0.1) is 0 Å². The average Bonchev–Trinajstić information content (AvgIpc) is 2.62. The van der Waals surface area contributed by atoms with Crippen molar-refractivity contribution in [3.8, 4) is 0 Å². The van der Waals surface area contributed by atoms with Crippen molar-refractivity contribution in [2.45, 2.75) is 57.3 Å². The highest BCUT2D eigenvalue weighted by Crippen LogP contribution is 2.23. The van der Waals surface area contributed by atoms with Crippen molar-refractivity contribution >= 4 is 5.97 Å². The zero-order valence-corrected chi connectivity index (χ0v) is 11.1. The summed E-state index contributed by atoms with van der Waals surface area (Å²) in [5.74, 6) is -0.950. The summed E-state index contributed by atoms with van der Waals surface area (Å²) in [7, 11) is 2.01. The van der Waals surface area contributed by atoms with Crippen LogP contribution in [0.2, 0.25) is 0 Å². The first kappa shape index (κ1) is 14.4. The molecular formula is C12H24N2O3. The largest absolute Gasteiger partial charge is 0.480 e. The first-order valence-corrected chi connectivity index (χ1v) is 6.11. The van der Waals surface area contributed by atoms with Gasteiger partial charge in [0.2, 0.25) is 0 Å². The molecule has 1 saturated heterocycles. The summed E-state index contributed by atoms with van der Waals surface area (Å²) in [4.78, 5) is 13.2. The molecule has 1 aliphatic heterocycles. The minimum atomic E-state index is -1.17. The summed E-state index contributed by atoms with van der Waals surface area (Å²) in [6.45, 7) is 6.41. The van der Waals surface area contributed by atoms with E-state index < -0.39 is 11.5 Å². The molecule has 1 aliphatic rings. The second-order valence-electron chi connectivity index (χ2n) is 5.37. The van der Waals surface area contributed by atoms with Crippen molar-refractivity contribution in [3.05, 3.63) is 0 Å². The summed E-state index contributed by atoms with van der Waals surface area (Å²) >= 11 is 0. The van der Waals surface area contributed by atoms with Crippen LogP contribution in [-0.2, 0) is 9.53 Å². The lowest BCUT2D eigenvalue weighted by Crippen LogP contribution is -2.52. The minimum absolute atomic E-state index is 0.121. The molecule has 0 aromatic heterocycles. The molecule has 0 aromatic carbocycles. The molecule has 1 fully saturated rings. The molecule has 5 nitrogen and oxygen atoms in total. The van der Waals surface area contributed by atoms with Gasteiger partial charge >= 0.3 is 5.97 Å². The van der Waals surface area contributed by atoms with Crippen molar-refractivity contribution in [3.63, 3.8) is 0 Å². The number of carbonyl (C=O) groups is 1. The molecular weight excluding hydrogens is 220 g/mol. The molecule has 0 aliphatic carbocycles. The summed E-state index contributed by atoms with van der Waals surface area (Å²) in [5.41, 5.74) is 4.60. The van der Waals surface area contributed by atoms with Gasteiger partial charge in [0.05, 0.1) is 6.10 Å². The van der Waals surface area contributed by atoms with E-state index in [1.54, 1.807) is 6.92 Å². The molecule has 0 radical (unpaired) electrons. The number of carboxylic acids is 1. The zero-order valence-electron chi connectivity index (χ0n) is 11.1. The molecule has 5 heteroatoms. The van der Waals surface area contributed by atoms with Crippen molar-refractivity contribution < 1.29 is 14.6 Å². The fraction of sp³-hybridized carbons (Fsp3) is 0.917. The Morgan fingerprint density at radius 3 is 2.71 bits per heavy atom. The Morgan fingerprint density at radius 1 is 1.71 bits per heavy atom. The maximum Gasteiger partial charge on any atom is 0.323 e. The number of carboxylic acid groups (broad SMARTS) is 1. The number of hydrogen-bond acceptors (Lipinski definition) is 4. The van der Waals surface area contributed by atoms with Gasteiger partial charge < -0.3 is 15.6 Å². The lowest BCUT2D eigenvalue weighted by Gasteiger charge is -2.35. The number of rotatable bonds is 5. The van der Waals surface area contributed by atoms with Crippen LogP contribution < -0.4 is 5.73 Å². The minimum Gasteiger partial charge on any atom is -0.480 e. The van der Waals surface area contributed by atoms with E-state index in [-0.39, 0.29) is 12.1 Å². The Morgan fingerprint density at radius 2 is 2.29 bits per heavy atom. The second-order valence-corrected chi connectivity index (χ2v) is 5.37. The molecule has 0 spiro atoms. The predicted molar refractivity (Wildman–Crippen MR) is 65.9 cm³/mol. The number of ether oxygens (including phenoxy) is 1. The van der Waals surface area contributed by atoms with Gasteiger partial charge in [-0.1, -0.05) is 0 Å². The Kier molecular flexibility index (Phi) is 4.52. The van der Waals surface area contributed by atoms with Crippen molar-refractivity contribution in [2.75, 3.05) is 13.7 Å². The van der Waals surface area contributed by atoms with E-state index in [4.69, 9.17) is 15.6 Å². The molecule has 0 aromatic rings. The molecule has 1 rings (SSSR count). The van der Waals surface area contributed by atoms with Crippen LogP contribution in [0.5, 0.6) is 0 Å². The molecule has 0 amide bonds. The van der Waals surface area contributed by atoms with Crippen LogP contribution >= 0.6 is 0 Å². The maximum atomic E-state index is 11.0. The summed E-state index contributed by atoms with van der Waals surface area (Å²) in [5, 5.41) is 9.02. The highest BCUT2D eigenvalue weighted by atomic mass is 16.5. The molecule has 4 unspecified atom stereocenters. The van der Waals surface area contributed by atoms with Crippen molar-refractivity contribution in [1.82, 2.24) is 4.90 Å². The van der Waals surface area contributed by atoms with E-state index in [1.807, 2.05) is 14.0 Å². The Bertz CT molecular complexity index is 281. The maximum absolute atomic E-state index is 11.0. The van der Waals surface area contributed by atoms with Crippen LogP contribution in [0.15, 0.2) is 0 Å². The lowest BCUT2D eigenvalue weighted by molar-refractivity contribution is -0.143. The number of likely N-dealkylation sites (N-methyl/N-ethyl adjacent to an activating group) is 1. The average molecular weight is 244 g/mol. The van der Waals surface area contributed by atoms with Crippen LogP contribution in [0.1, 0.15) is 33.6 Å². The van der Waals surface area contributed by atoms with Gasteiger partial charge in [-0.2, -0.15) is 0 Å². The first-order valence-electron chi connectivity index (χ1n) is 6.11. The van der Waals surface area contributed by atoms with Gasteiger partial charge in [-0.3, -0.25) is 9.69 Å². The Hall–Kier alpha value is -0.650. The van der Waals surface area contributed by atoms with Gasteiger partial charge in [-0.05, 0) is 40.7 Å². The first-order chi connectivity index (χ1) is 7.75. The molecule has 1 heterocycles.